The SMILES string of the molecule is CC1(C)CNC(=O)c2ccc(-c3c[nH]c4nc(NC5CCOCC5)ncc34)cc21. The van der Waals surface area contributed by atoms with Crippen molar-refractivity contribution in [3.8, 4) is 11.1 Å². The van der Waals surface area contributed by atoms with Crippen molar-refractivity contribution >= 4 is 22.9 Å². The lowest BCUT2D eigenvalue weighted by atomic mass is 9.78. The van der Waals surface area contributed by atoms with Crippen molar-refractivity contribution in [1.82, 2.24) is 20.3 Å². The highest BCUT2D eigenvalue weighted by Gasteiger charge is 2.31. The summed E-state index contributed by atoms with van der Waals surface area (Å²) in [5.41, 5.74) is 4.63. The minimum Gasteiger partial charge on any atom is -0.381 e. The second-order valence-electron chi connectivity index (χ2n) is 8.52. The monoisotopic (exact) mass is 391 g/mol. The standard InChI is InChI=1S/C22H25N5O2/c1-22(2)12-25-20(28)15-4-3-13(9-18(15)22)16-10-23-19-17(16)11-24-21(27-19)26-14-5-7-29-8-6-14/h3-4,9-11,14H,5-8,12H2,1-2H3,(H,25,28)(H2,23,24,26,27). The summed E-state index contributed by atoms with van der Waals surface area (Å²) in [6, 6.07) is 6.40. The van der Waals surface area contributed by atoms with E-state index in [0.717, 1.165) is 59.3 Å². The summed E-state index contributed by atoms with van der Waals surface area (Å²) in [4.78, 5) is 24.7. The van der Waals surface area contributed by atoms with E-state index in [1.807, 2.05) is 24.5 Å². The first-order valence-electron chi connectivity index (χ1n) is 10.1. The first-order chi connectivity index (χ1) is 14.0. The largest absolute Gasteiger partial charge is 0.381 e. The Hall–Kier alpha value is -2.93. The van der Waals surface area contributed by atoms with Gasteiger partial charge >= 0.3 is 0 Å². The molecule has 3 aromatic rings. The van der Waals surface area contributed by atoms with Crippen LogP contribution in [0.3, 0.4) is 0 Å². The van der Waals surface area contributed by atoms with Crippen molar-refractivity contribution < 1.29 is 9.53 Å². The molecule has 5 rings (SSSR count). The second-order valence-corrected chi connectivity index (χ2v) is 8.52. The number of hydrogen-bond acceptors (Lipinski definition) is 5. The number of carbonyl (C=O) groups excluding carboxylic acids is 1. The molecule has 2 aliphatic heterocycles. The highest BCUT2D eigenvalue weighted by atomic mass is 16.5. The molecular weight excluding hydrogens is 366 g/mol. The fourth-order valence-corrected chi connectivity index (χ4v) is 4.20. The van der Waals surface area contributed by atoms with E-state index in [2.05, 4.69) is 45.5 Å². The summed E-state index contributed by atoms with van der Waals surface area (Å²) in [7, 11) is 0. The molecule has 0 radical (unpaired) electrons. The number of aromatic nitrogens is 3. The van der Waals surface area contributed by atoms with Crippen molar-refractivity contribution in [2.75, 3.05) is 25.1 Å². The van der Waals surface area contributed by atoms with E-state index < -0.39 is 0 Å². The summed E-state index contributed by atoms with van der Waals surface area (Å²) in [6.45, 7) is 6.50. The zero-order chi connectivity index (χ0) is 20.0. The summed E-state index contributed by atoms with van der Waals surface area (Å²) in [5.74, 6) is 0.637. The summed E-state index contributed by atoms with van der Waals surface area (Å²) < 4.78 is 5.41. The maximum Gasteiger partial charge on any atom is 0.251 e. The maximum atomic E-state index is 12.2. The van der Waals surface area contributed by atoms with Gasteiger partial charge in [-0.05, 0) is 36.1 Å². The molecule has 29 heavy (non-hydrogen) atoms. The van der Waals surface area contributed by atoms with Gasteiger partial charge in [-0.15, -0.1) is 0 Å². The van der Waals surface area contributed by atoms with Gasteiger partial charge in [0, 0.05) is 60.1 Å². The lowest BCUT2D eigenvalue weighted by molar-refractivity contribution is 0.0903. The second kappa shape index (κ2) is 6.84. The fourth-order valence-electron chi connectivity index (χ4n) is 4.20. The summed E-state index contributed by atoms with van der Waals surface area (Å²) in [6.07, 6.45) is 5.77. The highest BCUT2D eigenvalue weighted by molar-refractivity contribution is 5.99. The van der Waals surface area contributed by atoms with Crippen molar-refractivity contribution in [3.63, 3.8) is 0 Å². The Morgan fingerprint density at radius 2 is 2.03 bits per heavy atom. The Morgan fingerprint density at radius 3 is 2.86 bits per heavy atom. The van der Waals surface area contributed by atoms with E-state index in [-0.39, 0.29) is 11.3 Å². The van der Waals surface area contributed by atoms with Crippen LogP contribution < -0.4 is 10.6 Å². The number of anilines is 1. The Morgan fingerprint density at radius 1 is 1.21 bits per heavy atom. The predicted molar refractivity (Wildman–Crippen MR) is 112 cm³/mol. The van der Waals surface area contributed by atoms with E-state index in [0.29, 0.717) is 18.5 Å². The van der Waals surface area contributed by atoms with Crippen LogP contribution in [0, 0.1) is 0 Å². The van der Waals surface area contributed by atoms with Crippen molar-refractivity contribution in [3.05, 3.63) is 41.7 Å². The molecule has 2 aromatic heterocycles. The molecule has 1 aromatic carbocycles. The predicted octanol–water partition coefficient (Wildman–Crippen LogP) is 3.24. The Kier molecular flexibility index (Phi) is 4.28. The molecule has 1 amide bonds. The maximum absolute atomic E-state index is 12.2. The molecule has 0 atom stereocenters. The molecule has 1 fully saturated rings. The Labute approximate surface area is 169 Å². The fraction of sp³-hybridized carbons (Fsp3) is 0.409. The van der Waals surface area contributed by atoms with Crippen LogP contribution in [0.2, 0.25) is 0 Å². The zero-order valence-electron chi connectivity index (χ0n) is 16.7. The first kappa shape index (κ1) is 18.1. The van der Waals surface area contributed by atoms with Crippen LogP contribution in [0.1, 0.15) is 42.6 Å². The van der Waals surface area contributed by atoms with Gasteiger partial charge in [-0.1, -0.05) is 19.9 Å². The van der Waals surface area contributed by atoms with Crippen LogP contribution in [-0.4, -0.2) is 46.7 Å². The summed E-state index contributed by atoms with van der Waals surface area (Å²) >= 11 is 0. The number of amides is 1. The van der Waals surface area contributed by atoms with Crippen LogP contribution in [-0.2, 0) is 10.2 Å². The number of benzene rings is 1. The summed E-state index contributed by atoms with van der Waals surface area (Å²) in [5, 5.41) is 7.36. The minimum atomic E-state index is -0.108. The van der Waals surface area contributed by atoms with Crippen LogP contribution in [0.4, 0.5) is 5.95 Å². The van der Waals surface area contributed by atoms with Crippen molar-refractivity contribution in [2.45, 2.75) is 38.1 Å². The average Bonchev–Trinajstić information content (AvgIpc) is 3.15. The van der Waals surface area contributed by atoms with Crippen molar-refractivity contribution in [2.24, 2.45) is 0 Å². The Balaban J connectivity index is 1.49. The Bertz CT molecular complexity index is 1080. The molecule has 3 N–H and O–H groups in total. The van der Waals surface area contributed by atoms with Crippen molar-refractivity contribution in [1.29, 1.82) is 0 Å². The molecule has 0 spiro atoms. The third-order valence-corrected chi connectivity index (χ3v) is 5.98. The molecule has 7 heteroatoms. The lowest BCUT2D eigenvalue weighted by Gasteiger charge is -2.32. The topological polar surface area (TPSA) is 91.9 Å². The van der Waals surface area contributed by atoms with E-state index >= 15 is 0 Å². The number of H-pyrrole nitrogens is 1. The number of aromatic amines is 1. The van der Waals surface area contributed by atoms with Gasteiger partial charge in [-0.25, -0.2) is 4.98 Å². The molecule has 7 nitrogen and oxygen atoms in total. The molecule has 150 valence electrons. The molecule has 0 bridgehead atoms. The number of fused-ring (bicyclic) bond motifs is 2. The van der Waals surface area contributed by atoms with Gasteiger partial charge in [0.2, 0.25) is 5.95 Å². The quantitative estimate of drug-likeness (QED) is 0.638. The zero-order valence-corrected chi connectivity index (χ0v) is 16.7. The number of ether oxygens (including phenoxy) is 1. The van der Waals surface area contributed by atoms with Crippen LogP contribution >= 0.6 is 0 Å². The molecule has 0 aliphatic carbocycles. The third kappa shape index (κ3) is 3.25. The van der Waals surface area contributed by atoms with Gasteiger partial charge in [-0.2, -0.15) is 4.98 Å². The highest BCUT2D eigenvalue weighted by Crippen LogP contribution is 2.35. The smallest absolute Gasteiger partial charge is 0.251 e. The van der Waals surface area contributed by atoms with Gasteiger partial charge in [0.25, 0.3) is 5.91 Å². The molecule has 1 saturated heterocycles. The molecule has 4 heterocycles. The molecule has 0 unspecified atom stereocenters. The van der Waals surface area contributed by atoms with Crippen LogP contribution in [0.25, 0.3) is 22.2 Å². The number of hydrogen-bond donors (Lipinski definition) is 3. The van der Waals surface area contributed by atoms with E-state index in [9.17, 15) is 4.79 Å². The number of nitrogens with zero attached hydrogens (tertiary/aromatic N) is 2. The number of rotatable bonds is 3. The van der Waals surface area contributed by atoms with Crippen LogP contribution in [0.15, 0.2) is 30.6 Å². The van der Waals surface area contributed by atoms with Gasteiger partial charge in [-0.3, -0.25) is 4.79 Å². The minimum absolute atomic E-state index is 0.00281. The van der Waals surface area contributed by atoms with Gasteiger partial charge < -0.3 is 20.4 Å². The molecule has 0 saturated carbocycles. The van der Waals surface area contributed by atoms with Gasteiger partial charge in [0.1, 0.15) is 5.65 Å². The lowest BCUT2D eigenvalue weighted by Crippen LogP contribution is -2.43. The van der Waals surface area contributed by atoms with Gasteiger partial charge in [0.15, 0.2) is 0 Å². The normalized spacial score (nSPS) is 19.0. The average molecular weight is 391 g/mol. The van der Waals surface area contributed by atoms with E-state index in [1.54, 1.807) is 0 Å². The van der Waals surface area contributed by atoms with E-state index in [1.165, 1.54) is 0 Å². The molecular formula is C22H25N5O2. The van der Waals surface area contributed by atoms with Crippen LogP contribution in [0.5, 0.6) is 0 Å². The number of nitrogens with one attached hydrogen (secondary N) is 3. The third-order valence-electron chi connectivity index (χ3n) is 5.98. The first-order valence-corrected chi connectivity index (χ1v) is 10.1. The van der Waals surface area contributed by atoms with E-state index in [4.69, 9.17) is 4.74 Å². The number of carbonyl (C=O) groups is 1. The van der Waals surface area contributed by atoms with Gasteiger partial charge in [0.05, 0.1) is 0 Å². The molecule has 2 aliphatic rings.